The molecule has 1 amide bonds. The zero-order valence-corrected chi connectivity index (χ0v) is 19.1. The number of amides is 1. The van der Waals surface area contributed by atoms with Crippen molar-refractivity contribution in [3.63, 3.8) is 0 Å². The van der Waals surface area contributed by atoms with E-state index in [1.54, 1.807) is 49.4 Å². The standard InChI is InChI=1S/C23H23ClN4O3S/c1-16-4-8-20(14-21(16)32(30,31)27-19-9-6-18(24)7-10-19)26-23(29)17-5-11-22(25-15-17)28-12-2-3-13-28/h4-11,14-15,27H,2-3,12-13H2,1H3,(H,26,29). The van der Waals surface area contributed by atoms with Crippen LogP contribution in [0.15, 0.2) is 65.7 Å². The Bertz CT molecular complexity index is 1220. The molecule has 0 bridgehead atoms. The monoisotopic (exact) mass is 470 g/mol. The summed E-state index contributed by atoms with van der Waals surface area (Å²) in [5.74, 6) is 0.499. The number of carbonyl (C=O) groups excluding carboxylic acids is 1. The number of sulfonamides is 1. The molecule has 2 aromatic carbocycles. The summed E-state index contributed by atoms with van der Waals surface area (Å²) in [6.07, 6.45) is 3.84. The fraction of sp³-hybridized carbons (Fsp3) is 0.217. The molecule has 0 saturated carbocycles. The average molecular weight is 471 g/mol. The molecule has 0 spiro atoms. The minimum atomic E-state index is -3.86. The second-order valence-corrected chi connectivity index (χ2v) is 9.73. The van der Waals surface area contributed by atoms with Gasteiger partial charge in [0.2, 0.25) is 0 Å². The number of benzene rings is 2. The zero-order chi connectivity index (χ0) is 22.7. The lowest BCUT2D eigenvalue weighted by molar-refractivity contribution is 0.102. The smallest absolute Gasteiger partial charge is 0.262 e. The van der Waals surface area contributed by atoms with Crippen LogP contribution in [0.5, 0.6) is 0 Å². The molecule has 4 rings (SSSR count). The van der Waals surface area contributed by atoms with Gasteiger partial charge < -0.3 is 10.2 Å². The van der Waals surface area contributed by atoms with Crippen LogP contribution >= 0.6 is 11.6 Å². The summed E-state index contributed by atoms with van der Waals surface area (Å²) < 4.78 is 28.3. The van der Waals surface area contributed by atoms with Crippen molar-refractivity contribution >= 4 is 44.7 Å². The van der Waals surface area contributed by atoms with Gasteiger partial charge in [0.1, 0.15) is 5.82 Å². The molecule has 0 unspecified atom stereocenters. The maximum absolute atomic E-state index is 12.9. The summed E-state index contributed by atoms with van der Waals surface area (Å²) in [5.41, 5.74) is 1.73. The van der Waals surface area contributed by atoms with Gasteiger partial charge in [-0.1, -0.05) is 17.7 Å². The third kappa shape index (κ3) is 5.03. The average Bonchev–Trinajstić information content (AvgIpc) is 3.31. The highest BCUT2D eigenvalue weighted by Gasteiger charge is 2.19. The van der Waals surface area contributed by atoms with Crippen LogP contribution in [0.3, 0.4) is 0 Å². The van der Waals surface area contributed by atoms with Gasteiger partial charge in [-0.05, 0) is 73.9 Å². The summed E-state index contributed by atoms with van der Waals surface area (Å²) in [7, 11) is -3.86. The molecule has 0 aliphatic carbocycles. The number of aryl methyl sites for hydroxylation is 1. The Morgan fingerprint density at radius 2 is 1.69 bits per heavy atom. The van der Waals surface area contributed by atoms with E-state index in [9.17, 15) is 13.2 Å². The molecule has 166 valence electrons. The van der Waals surface area contributed by atoms with E-state index in [1.807, 2.05) is 6.07 Å². The Balaban J connectivity index is 1.50. The van der Waals surface area contributed by atoms with Crippen LogP contribution in [0.4, 0.5) is 17.2 Å². The molecule has 7 nitrogen and oxygen atoms in total. The molecule has 1 saturated heterocycles. The maximum atomic E-state index is 12.9. The Hall–Kier alpha value is -3.10. The fourth-order valence-electron chi connectivity index (χ4n) is 3.55. The topological polar surface area (TPSA) is 91.4 Å². The molecule has 2 N–H and O–H groups in total. The van der Waals surface area contributed by atoms with Crippen LogP contribution in [0, 0.1) is 6.92 Å². The normalized spacial score (nSPS) is 13.8. The van der Waals surface area contributed by atoms with E-state index in [2.05, 4.69) is 19.9 Å². The van der Waals surface area contributed by atoms with Crippen LogP contribution in [-0.4, -0.2) is 32.4 Å². The fourth-order valence-corrected chi connectivity index (χ4v) is 5.01. The minimum absolute atomic E-state index is 0.0766. The molecular formula is C23H23ClN4O3S. The first-order chi connectivity index (χ1) is 15.3. The highest BCUT2D eigenvalue weighted by molar-refractivity contribution is 7.92. The number of anilines is 3. The number of nitrogens with one attached hydrogen (secondary N) is 2. The molecule has 0 radical (unpaired) electrons. The molecular weight excluding hydrogens is 448 g/mol. The van der Waals surface area contributed by atoms with Gasteiger partial charge in [-0.25, -0.2) is 13.4 Å². The summed E-state index contributed by atoms with van der Waals surface area (Å²) in [6, 6.07) is 14.7. The highest BCUT2D eigenvalue weighted by Crippen LogP contribution is 2.24. The summed E-state index contributed by atoms with van der Waals surface area (Å²) in [4.78, 5) is 19.3. The molecule has 9 heteroatoms. The van der Waals surface area contributed by atoms with Crippen molar-refractivity contribution in [1.82, 2.24) is 4.98 Å². The van der Waals surface area contributed by atoms with E-state index < -0.39 is 10.0 Å². The molecule has 1 aromatic heterocycles. The van der Waals surface area contributed by atoms with Gasteiger partial charge in [-0.2, -0.15) is 0 Å². The molecule has 1 aliphatic heterocycles. The first kappa shape index (κ1) is 22.1. The van der Waals surface area contributed by atoms with E-state index in [-0.39, 0.29) is 10.8 Å². The summed E-state index contributed by atoms with van der Waals surface area (Å²) in [6.45, 7) is 3.65. The number of aromatic nitrogens is 1. The summed E-state index contributed by atoms with van der Waals surface area (Å²) >= 11 is 5.86. The quantitative estimate of drug-likeness (QED) is 0.545. The molecule has 32 heavy (non-hydrogen) atoms. The van der Waals surface area contributed by atoms with Gasteiger partial charge >= 0.3 is 0 Å². The highest BCUT2D eigenvalue weighted by atomic mass is 35.5. The van der Waals surface area contributed by atoms with Gasteiger partial charge in [0, 0.05) is 35.7 Å². The van der Waals surface area contributed by atoms with Gasteiger partial charge in [-0.15, -0.1) is 0 Å². The number of hydrogen-bond acceptors (Lipinski definition) is 5. The van der Waals surface area contributed by atoms with E-state index in [1.165, 1.54) is 12.3 Å². The first-order valence-electron chi connectivity index (χ1n) is 10.2. The van der Waals surface area contributed by atoms with Crippen molar-refractivity contribution in [2.24, 2.45) is 0 Å². The molecule has 2 heterocycles. The van der Waals surface area contributed by atoms with E-state index in [0.717, 1.165) is 31.7 Å². The maximum Gasteiger partial charge on any atom is 0.262 e. The summed E-state index contributed by atoms with van der Waals surface area (Å²) in [5, 5.41) is 3.27. The van der Waals surface area contributed by atoms with Gasteiger partial charge in [0.05, 0.1) is 10.5 Å². The lowest BCUT2D eigenvalue weighted by Crippen LogP contribution is -2.19. The predicted molar refractivity (Wildman–Crippen MR) is 127 cm³/mol. The molecule has 1 fully saturated rings. The largest absolute Gasteiger partial charge is 0.357 e. The predicted octanol–water partition coefficient (Wildman–Crippen LogP) is 4.70. The van der Waals surface area contributed by atoms with Crippen molar-refractivity contribution in [1.29, 1.82) is 0 Å². The van der Waals surface area contributed by atoms with E-state index in [4.69, 9.17) is 11.6 Å². The number of pyridine rings is 1. The van der Waals surface area contributed by atoms with Crippen LogP contribution in [0.2, 0.25) is 5.02 Å². The van der Waals surface area contributed by atoms with Crippen molar-refractivity contribution < 1.29 is 13.2 Å². The van der Waals surface area contributed by atoms with Crippen molar-refractivity contribution in [3.05, 3.63) is 76.9 Å². The number of hydrogen-bond donors (Lipinski definition) is 2. The number of halogens is 1. The Morgan fingerprint density at radius 3 is 2.34 bits per heavy atom. The molecule has 0 atom stereocenters. The molecule has 3 aromatic rings. The van der Waals surface area contributed by atoms with Crippen molar-refractivity contribution in [3.8, 4) is 0 Å². The van der Waals surface area contributed by atoms with E-state index in [0.29, 0.717) is 27.5 Å². The van der Waals surface area contributed by atoms with Crippen molar-refractivity contribution in [2.75, 3.05) is 28.0 Å². The van der Waals surface area contributed by atoms with Crippen LogP contribution in [0.25, 0.3) is 0 Å². The van der Waals surface area contributed by atoms with Gasteiger partial charge in [0.15, 0.2) is 0 Å². The minimum Gasteiger partial charge on any atom is -0.357 e. The van der Waals surface area contributed by atoms with Gasteiger partial charge in [-0.3, -0.25) is 9.52 Å². The first-order valence-corrected chi connectivity index (χ1v) is 12.1. The SMILES string of the molecule is Cc1ccc(NC(=O)c2ccc(N3CCCC3)nc2)cc1S(=O)(=O)Nc1ccc(Cl)cc1. The third-order valence-electron chi connectivity index (χ3n) is 5.27. The third-order valence-corrected chi connectivity index (χ3v) is 7.05. The molecule has 1 aliphatic rings. The Morgan fingerprint density at radius 1 is 1.00 bits per heavy atom. The second-order valence-electron chi connectivity index (χ2n) is 7.65. The number of carbonyl (C=O) groups is 1. The van der Waals surface area contributed by atoms with Crippen LogP contribution in [-0.2, 0) is 10.0 Å². The number of rotatable bonds is 6. The van der Waals surface area contributed by atoms with Crippen molar-refractivity contribution in [2.45, 2.75) is 24.7 Å². The van der Waals surface area contributed by atoms with Crippen LogP contribution in [0.1, 0.15) is 28.8 Å². The zero-order valence-electron chi connectivity index (χ0n) is 17.5. The Labute approximate surface area is 192 Å². The van der Waals surface area contributed by atoms with E-state index >= 15 is 0 Å². The van der Waals surface area contributed by atoms with Gasteiger partial charge in [0.25, 0.3) is 15.9 Å². The Kier molecular flexibility index (Phi) is 6.34. The second kappa shape index (κ2) is 9.18. The lowest BCUT2D eigenvalue weighted by Gasteiger charge is -2.16. The van der Waals surface area contributed by atoms with Crippen LogP contribution < -0.4 is 14.9 Å². The number of nitrogens with zero attached hydrogens (tertiary/aromatic N) is 2. The lowest BCUT2D eigenvalue weighted by atomic mass is 10.2.